The number of rotatable bonds is 7. The van der Waals surface area contributed by atoms with Crippen LogP contribution in [-0.4, -0.2) is 66.0 Å². The second-order valence-corrected chi connectivity index (χ2v) is 15.8. The molecule has 2 amide bonds. The fraction of sp³-hybridized carbons (Fsp3) is 0.500. The van der Waals surface area contributed by atoms with E-state index in [0.717, 1.165) is 24.2 Å². The van der Waals surface area contributed by atoms with E-state index in [0.29, 0.717) is 34.3 Å². The molecule has 1 fully saturated rings. The zero-order valence-electron chi connectivity index (χ0n) is 24.8. The second kappa shape index (κ2) is 11.1. The lowest BCUT2D eigenvalue weighted by atomic mass is 9.84. The minimum Gasteiger partial charge on any atom is -0.389 e. The highest BCUT2D eigenvalue weighted by Crippen LogP contribution is 2.39. The van der Waals surface area contributed by atoms with Crippen molar-refractivity contribution in [2.24, 2.45) is 5.41 Å². The fourth-order valence-electron chi connectivity index (χ4n) is 5.03. The summed E-state index contributed by atoms with van der Waals surface area (Å²) in [5, 5.41) is 14.0. The van der Waals surface area contributed by atoms with Crippen LogP contribution < -0.4 is 10.0 Å². The summed E-state index contributed by atoms with van der Waals surface area (Å²) in [6.45, 7) is 13.9. The van der Waals surface area contributed by atoms with Crippen LogP contribution in [0.2, 0.25) is 0 Å². The predicted octanol–water partition coefficient (Wildman–Crippen LogP) is 4.80. The molecule has 0 radical (unpaired) electrons. The molecule has 222 valence electrons. The van der Waals surface area contributed by atoms with E-state index in [1.54, 1.807) is 57.7 Å². The number of aliphatic hydroxyl groups is 1. The Balaban J connectivity index is 1.87. The smallest absolute Gasteiger partial charge is 0.280 e. The monoisotopic (exact) mass is 600 g/mol. The number of likely N-dealkylation sites (tertiary alicyclic amines) is 1. The zero-order valence-corrected chi connectivity index (χ0v) is 26.4. The van der Waals surface area contributed by atoms with Crippen LogP contribution in [0.1, 0.15) is 81.6 Å². The molecule has 9 nitrogen and oxygen atoms in total. The van der Waals surface area contributed by atoms with Crippen molar-refractivity contribution < 1.29 is 23.1 Å². The molecule has 0 atom stereocenters. The van der Waals surface area contributed by atoms with Gasteiger partial charge in [-0.25, -0.2) is 18.1 Å². The maximum absolute atomic E-state index is 13.9. The number of carbonyl (C=O) groups is 2. The third-order valence-corrected chi connectivity index (χ3v) is 9.66. The minimum absolute atomic E-state index is 0.0145. The summed E-state index contributed by atoms with van der Waals surface area (Å²) >= 11 is 1.08. The average molecular weight is 601 g/mol. The van der Waals surface area contributed by atoms with Gasteiger partial charge in [-0.1, -0.05) is 44.2 Å². The van der Waals surface area contributed by atoms with Gasteiger partial charge in [0.25, 0.3) is 11.8 Å². The van der Waals surface area contributed by atoms with E-state index < -0.39 is 27.1 Å². The molecule has 11 heteroatoms. The molecular formula is C30H40N4O5S2. The summed E-state index contributed by atoms with van der Waals surface area (Å²) in [5.74, 6) is -0.755. The fourth-order valence-corrected chi connectivity index (χ4v) is 7.67. The average Bonchev–Trinajstić information content (AvgIpc) is 3.29. The van der Waals surface area contributed by atoms with E-state index >= 15 is 0 Å². The summed E-state index contributed by atoms with van der Waals surface area (Å²) in [5.41, 5.74) is -1.06. The van der Waals surface area contributed by atoms with E-state index in [-0.39, 0.29) is 33.5 Å². The van der Waals surface area contributed by atoms with Gasteiger partial charge in [-0.05, 0) is 64.3 Å². The van der Waals surface area contributed by atoms with E-state index in [4.69, 9.17) is 0 Å². The molecule has 3 N–H and O–H groups in total. The number of benzene rings is 2. The van der Waals surface area contributed by atoms with Crippen LogP contribution in [0.25, 0.3) is 21.2 Å². The maximum Gasteiger partial charge on any atom is 0.280 e. The van der Waals surface area contributed by atoms with Gasteiger partial charge in [-0.15, -0.1) is 11.3 Å². The predicted molar refractivity (Wildman–Crippen MR) is 163 cm³/mol. The van der Waals surface area contributed by atoms with Gasteiger partial charge in [0.15, 0.2) is 5.01 Å². The quantitative estimate of drug-likeness (QED) is 0.357. The highest BCUT2D eigenvalue weighted by Gasteiger charge is 2.34. The number of piperidine rings is 1. The topological polar surface area (TPSA) is 129 Å². The third-order valence-electron chi connectivity index (χ3n) is 6.75. The Labute approximate surface area is 246 Å². The Bertz CT molecular complexity index is 1580. The Hall–Kier alpha value is -2.86. The molecular weight excluding hydrogens is 560 g/mol. The van der Waals surface area contributed by atoms with Gasteiger partial charge in [0, 0.05) is 36.1 Å². The Morgan fingerprint density at radius 3 is 2.34 bits per heavy atom. The lowest BCUT2D eigenvalue weighted by Crippen LogP contribution is -2.43. The minimum atomic E-state index is -3.85. The summed E-state index contributed by atoms with van der Waals surface area (Å²) in [6.07, 6.45) is 1.88. The maximum atomic E-state index is 13.9. The molecule has 0 saturated carbocycles. The summed E-state index contributed by atoms with van der Waals surface area (Å²) < 4.78 is 29.4. The van der Waals surface area contributed by atoms with Crippen molar-refractivity contribution >= 4 is 43.9 Å². The van der Waals surface area contributed by atoms with Crippen molar-refractivity contribution in [2.75, 3.05) is 19.6 Å². The molecule has 0 aliphatic carbocycles. The van der Waals surface area contributed by atoms with Crippen LogP contribution in [0, 0.1) is 5.41 Å². The summed E-state index contributed by atoms with van der Waals surface area (Å²) in [6, 6.07) is 10.4. The highest BCUT2D eigenvalue weighted by molar-refractivity contribution is 7.89. The van der Waals surface area contributed by atoms with Gasteiger partial charge >= 0.3 is 0 Å². The normalized spacial score (nSPS) is 16.1. The van der Waals surface area contributed by atoms with Crippen molar-refractivity contribution in [1.29, 1.82) is 0 Å². The van der Waals surface area contributed by atoms with E-state index in [1.807, 2.05) is 12.1 Å². The number of nitrogens with zero attached hydrogens (tertiary/aromatic N) is 2. The van der Waals surface area contributed by atoms with Crippen molar-refractivity contribution in [1.82, 2.24) is 19.9 Å². The number of amides is 2. The number of sulfonamides is 1. The van der Waals surface area contributed by atoms with Gasteiger partial charge < -0.3 is 15.3 Å². The summed E-state index contributed by atoms with van der Waals surface area (Å²) in [4.78, 5) is 34.0. The first-order valence-electron chi connectivity index (χ1n) is 13.7. The molecule has 0 bridgehead atoms. The molecule has 41 heavy (non-hydrogen) atoms. The second-order valence-electron chi connectivity index (χ2n) is 13.2. The molecule has 3 aromatic rings. The number of hydrogen-bond donors (Lipinski definition) is 3. The van der Waals surface area contributed by atoms with Crippen LogP contribution in [-0.2, 0) is 10.0 Å². The zero-order chi connectivity index (χ0) is 30.4. The Morgan fingerprint density at radius 1 is 1.07 bits per heavy atom. The molecule has 1 aliphatic heterocycles. The van der Waals surface area contributed by atoms with Crippen molar-refractivity contribution in [2.45, 2.75) is 77.3 Å². The van der Waals surface area contributed by atoms with E-state index in [2.05, 4.69) is 28.9 Å². The Morgan fingerprint density at radius 2 is 1.73 bits per heavy atom. The van der Waals surface area contributed by atoms with Gasteiger partial charge in [-0.2, -0.15) is 0 Å². The van der Waals surface area contributed by atoms with Crippen molar-refractivity contribution in [3.05, 3.63) is 47.1 Å². The standard InChI is InChI=1S/C30H40N4O5S2/c1-28(2,3)33-41(38,39)22-14-13-21(19-11-8-9-12-20(19)22)24-23(27(36)34-16-10-15-29(4,5)18-34)32-26(40-24)25(35)31-17-30(6,7)37/h8-9,11-14,33,37H,10,15-18H2,1-7H3,(H,31,35). The molecule has 1 aliphatic rings. The Kier molecular flexibility index (Phi) is 8.41. The SMILES string of the molecule is CC(C)(O)CNC(=O)c1nc(C(=O)N2CCCC(C)(C)C2)c(-c2ccc(S(=O)(=O)NC(C)(C)C)c3ccccc23)s1. The third kappa shape index (κ3) is 7.32. The first-order valence-corrected chi connectivity index (χ1v) is 16.0. The molecule has 0 unspecified atom stereocenters. The van der Waals surface area contributed by atoms with Crippen LogP contribution in [0.5, 0.6) is 0 Å². The van der Waals surface area contributed by atoms with E-state index in [9.17, 15) is 23.1 Å². The first kappa shape index (κ1) is 31.1. The van der Waals surface area contributed by atoms with E-state index in [1.165, 1.54) is 6.07 Å². The molecule has 4 rings (SSSR count). The number of thiazole rings is 1. The number of carbonyl (C=O) groups excluding carboxylic acids is 2. The molecule has 2 heterocycles. The lowest BCUT2D eigenvalue weighted by Gasteiger charge is -2.37. The van der Waals surface area contributed by atoms with Gasteiger partial charge in [-0.3, -0.25) is 9.59 Å². The summed E-state index contributed by atoms with van der Waals surface area (Å²) in [7, 11) is -3.85. The van der Waals surface area contributed by atoms with Crippen molar-refractivity contribution in [3.63, 3.8) is 0 Å². The molecule has 1 aromatic heterocycles. The molecule has 0 spiro atoms. The number of fused-ring (bicyclic) bond motifs is 1. The first-order chi connectivity index (χ1) is 18.9. The number of aromatic nitrogens is 1. The van der Waals surface area contributed by atoms with Crippen molar-refractivity contribution in [3.8, 4) is 10.4 Å². The number of hydrogen-bond acceptors (Lipinski definition) is 7. The van der Waals surface area contributed by atoms with Gasteiger partial charge in [0.1, 0.15) is 5.69 Å². The van der Waals surface area contributed by atoms with Crippen LogP contribution in [0.3, 0.4) is 0 Å². The van der Waals surface area contributed by atoms with Gasteiger partial charge in [0.05, 0.1) is 15.4 Å². The largest absolute Gasteiger partial charge is 0.389 e. The highest BCUT2D eigenvalue weighted by atomic mass is 32.2. The lowest BCUT2D eigenvalue weighted by molar-refractivity contribution is 0.0578. The number of nitrogens with one attached hydrogen (secondary N) is 2. The molecule has 2 aromatic carbocycles. The van der Waals surface area contributed by atoms with Crippen LogP contribution in [0.15, 0.2) is 41.3 Å². The van der Waals surface area contributed by atoms with Crippen LogP contribution >= 0.6 is 11.3 Å². The van der Waals surface area contributed by atoms with Gasteiger partial charge in [0.2, 0.25) is 10.0 Å². The van der Waals surface area contributed by atoms with Crippen LogP contribution in [0.4, 0.5) is 0 Å². The molecule has 1 saturated heterocycles.